The fraction of sp³-hybridized carbons (Fsp3) is 0.481. The van der Waals surface area contributed by atoms with Gasteiger partial charge in [0.2, 0.25) is 0 Å². The van der Waals surface area contributed by atoms with Crippen molar-refractivity contribution in [3.8, 4) is 11.5 Å². The van der Waals surface area contributed by atoms with Crippen LogP contribution in [0.15, 0.2) is 24.3 Å². The number of rotatable bonds is 7. The molecule has 1 saturated carbocycles. The minimum Gasteiger partial charge on any atom is -0.493 e. The summed E-state index contributed by atoms with van der Waals surface area (Å²) in [6, 6.07) is 4.68. The fourth-order valence-corrected chi connectivity index (χ4v) is 5.43. The molecule has 0 unspecified atom stereocenters. The Balaban J connectivity index is 1.46. The zero-order chi connectivity index (χ0) is 27.4. The molecule has 1 saturated heterocycles. The summed E-state index contributed by atoms with van der Waals surface area (Å²) in [5, 5.41) is 3.62. The number of benzene rings is 2. The molecule has 2 atom stereocenters. The minimum absolute atomic E-state index is 0.184. The molecule has 1 aromatic heterocycles. The maximum atomic E-state index is 14.9. The average molecular weight is 534 g/mol. The smallest absolute Gasteiger partial charge is 0.419 e. The van der Waals surface area contributed by atoms with Crippen LogP contribution in [0.5, 0.6) is 11.5 Å². The number of halogens is 4. The van der Waals surface area contributed by atoms with Gasteiger partial charge >= 0.3 is 6.18 Å². The van der Waals surface area contributed by atoms with Gasteiger partial charge in [0.25, 0.3) is 0 Å². The highest BCUT2D eigenvalue weighted by Gasteiger charge is 2.52. The number of fused-ring (bicyclic) bond motifs is 1. The molecule has 2 fully saturated rings. The molecule has 2 aromatic carbocycles. The van der Waals surface area contributed by atoms with Crippen molar-refractivity contribution >= 4 is 22.4 Å². The van der Waals surface area contributed by atoms with Crippen LogP contribution in [0.25, 0.3) is 10.9 Å². The summed E-state index contributed by atoms with van der Waals surface area (Å²) >= 11 is 0. The number of nitrogen functional groups attached to an aromatic ring is 1. The van der Waals surface area contributed by atoms with E-state index in [2.05, 4.69) is 27.2 Å². The molecule has 3 aromatic rings. The first kappa shape index (κ1) is 26.3. The zero-order valence-corrected chi connectivity index (χ0v) is 21.7. The molecule has 1 aliphatic heterocycles. The number of likely N-dealkylation sites (tertiary alicyclic amines) is 1. The molecule has 0 radical (unpaired) electrons. The van der Waals surface area contributed by atoms with Crippen molar-refractivity contribution in [2.75, 3.05) is 31.8 Å². The van der Waals surface area contributed by atoms with E-state index < -0.39 is 23.6 Å². The number of methoxy groups -OCH3 is 1. The van der Waals surface area contributed by atoms with Gasteiger partial charge in [-0.05, 0) is 64.8 Å². The second-order valence-electron chi connectivity index (χ2n) is 10.3. The van der Waals surface area contributed by atoms with Crippen molar-refractivity contribution in [1.29, 1.82) is 0 Å². The molecule has 2 heterocycles. The van der Waals surface area contributed by atoms with Crippen LogP contribution in [0.3, 0.4) is 0 Å². The van der Waals surface area contributed by atoms with Gasteiger partial charge in [0.1, 0.15) is 24.1 Å². The van der Waals surface area contributed by atoms with Crippen LogP contribution >= 0.6 is 0 Å². The van der Waals surface area contributed by atoms with Gasteiger partial charge < -0.3 is 20.5 Å². The Morgan fingerprint density at radius 3 is 2.53 bits per heavy atom. The molecule has 1 aliphatic carbocycles. The van der Waals surface area contributed by atoms with Crippen molar-refractivity contribution in [1.82, 2.24) is 14.9 Å². The molecule has 0 amide bonds. The van der Waals surface area contributed by atoms with E-state index in [1.807, 2.05) is 0 Å². The van der Waals surface area contributed by atoms with E-state index in [1.165, 1.54) is 25.3 Å². The number of alkyl halides is 3. The Labute approximate surface area is 218 Å². The Kier molecular flexibility index (Phi) is 6.53. The molecule has 5 rings (SSSR count). The van der Waals surface area contributed by atoms with Crippen molar-refractivity contribution in [2.24, 2.45) is 0 Å². The fourth-order valence-electron chi connectivity index (χ4n) is 5.43. The number of ether oxygens (including phenoxy) is 2. The average Bonchev–Trinajstić information content (AvgIpc) is 3.58. The van der Waals surface area contributed by atoms with Crippen LogP contribution in [0, 0.1) is 12.7 Å². The summed E-state index contributed by atoms with van der Waals surface area (Å²) < 4.78 is 66.8. The summed E-state index contributed by atoms with van der Waals surface area (Å²) in [7, 11) is 3.69. The number of nitrogens with zero attached hydrogens (tertiary/aromatic N) is 3. The third kappa shape index (κ3) is 4.79. The van der Waals surface area contributed by atoms with Crippen LogP contribution in [-0.2, 0) is 6.18 Å². The minimum atomic E-state index is -4.87. The normalized spacial score (nSPS) is 19.6. The van der Waals surface area contributed by atoms with Crippen molar-refractivity contribution in [2.45, 2.75) is 63.3 Å². The molecule has 1 spiro atoms. The first-order valence-electron chi connectivity index (χ1n) is 12.6. The lowest BCUT2D eigenvalue weighted by Crippen LogP contribution is -2.37. The van der Waals surface area contributed by atoms with Gasteiger partial charge in [0, 0.05) is 34.3 Å². The van der Waals surface area contributed by atoms with Crippen LogP contribution in [0.1, 0.15) is 55.6 Å². The van der Waals surface area contributed by atoms with Gasteiger partial charge in [0.05, 0.1) is 24.2 Å². The quantitative estimate of drug-likeness (QED) is 0.290. The molecule has 38 heavy (non-hydrogen) atoms. The molecule has 2 aliphatic rings. The summed E-state index contributed by atoms with van der Waals surface area (Å²) in [6.07, 6.45) is -0.198. The molecule has 11 heteroatoms. The molecule has 0 bridgehead atoms. The standard InChI is InChI=1S/C27H31F4N5O2/c1-14(18-9-16(32)10-20(24(18)28)27(29,30)31)33-25-19-11-23(22(37-4)12-21(19)34-15(2)35-25)38-13-17-5-6-26(7-8-26)36(17)3/h9-12,14,17H,5-8,13,32H2,1-4H3,(H,33,34,35)/t14-,17+/m1/s1. The number of nitrogens with one attached hydrogen (secondary N) is 1. The summed E-state index contributed by atoms with van der Waals surface area (Å²) in [5.41, 5.74) is 4.76. The van der Waals surface area contributed by atoms with Crippen LogP contribution in [0.2, 0.25) is 0 Å². The molecular weight excluding hydrogens is 502 g/mol. The molecule has 7 nitrogen and oxygen atoms in total. The summed E-state index contributed by atoms with van der Waals surface area (Å²) in [4.78, 5) is 11.4. The van der Waals surface area contributed by atoms with Gasteiger partial charge in [-0.2, -0.15) is 13.2 Å². The van der Waals surface area contributed by atoms with E-state index in [1.54, 1.807) is 33.1 Å². The number of likely N-dealkylation sites (N-methyl/N-ethyl adjacent to an activating group) is 1. The third-order valence-electron chi connectivity index (χ3n) is 7.84. The van der Waals surface area contributed by atoms with E-state index in [-0.39, 0.29) is 11.3 Å². The molecular formula is C27H31F4N5O2. The number of aryl methyl sites for hydroxylation is 1. The second-order valence-corrected chi connectivity index (χ2v) is 10.3. The second kappa shape index (κ2) is 9.44. The number of nitrogens with two attached hydrogens (primary N) is 1. The Morgan fingerprint density at radius 1 is 1.16 bits per heavy atom. The van der Waals surface area contributed by atoms with E-state index in [4.69, 9.17) is 15.2 Å². The predicted molar refractivity (Wildman–Crippen MR) is 137 cm³/mol. The first-order chi connectivity index (χ1) is 17.9. The maximum Gasteiger partial charge on any atom is 0.419 e. The van der Waals surface area contributed by atoms with Gasteiger partial charge in [-0.25, -0.2) is 14.4 Å². The monoisotopic (exact) mass is 533 g/mol. The van der Waals surface area contributed by atoms with Crippen LogP contribution in [-0.4, -0.2) is 47.2 Å². The number of hydrogen-bond donors (Lipinski definition) is 2. The first-order valence-corrected chi connectivity index (χ1v) is 12.6. The van der Waals surface area contributed by atoms with Gasteiger partial charge in [0.15, 0.2) is 11.5 Å². The zero-order valence-electron chi connectivity index (χ0n) is 21.7. The highest BCUT2D eigenvalue weighted by atomic mass is 19.4. The lowest BCUT2D eigenvalue weighted by molar-refractivity contribution is -0.140. The Bertz CT molecular complexity index is 1380. The van der Waals surface area contributed by atoms with Gasteiger partial charge in [-0.1, -0.05) is 0 Å². The lowest BCUT2D eigenvalue weighted by Gasteiger charge is -2.26. The SMILES string of the molecule is COc1cc2nc(C)nc(N[C@H](C)c3cc(N)cc(C(F)(F)F)c3F)c2cc1OC[C@@H]1CCC2(CC2)N1C. The molecule has 204 valence electrons. The topological polar surface area (TPSA) is 85.5 Å². The Morgan fingerprint density at radius 2 is 1.89 bits per heavy atom. The highest BCUT2D eigenvalue weighted by Crippen LogP contribution is 2.51. The highest BCUT2D eigenvalue weighted by molar-refractivity contribution is 5.92. The third-order valence-corrected chi connectivity index (χ3v) is 7.84. The van der Waals surface area contributed by atoms with Gasteiger partial charge in [-0.3, -0.25) is 4.90 Å². The number of aromatic nitrogens is 2. The van der Waals surface area contributed by atoms with Crippen LogP contribution in [0.4, 0.5) is 29.1 Å². The maximum absolute atomic E-state index is 14.9. The van der Waals surface area contributed by atoms with Crippen molar-refractivity contribution in [3.05, 3.63) is 47.0 Å². The van der Waals surface area contributed by atoms with Crippen molar-refractivity contribution in [3.63, 3.8) is 0 Å². The summed E-state index contributed by atoms with van der Waals surface area (Å²) in [6.45, 7) is 3.73. The van der Waals surface area contributed by atoms with Crippen LogP contribution < -0.4 is 20.5 Å². The largest absolute Gasteiger partial charge is 0.493 e. The molecule has 3 N–H and O–H groups in total. The van der Waals surface area contributed by atoms with E-state index >= 15 is 0 Å². The van der Waals surface area contributed by atoms with Gasteiger partial charge in [-0.15, -0.1) is 0 Å². The predicted octanol–water partition coefficient (Wildman–Crippen LogP) is 5.87. The Hall–Kier alpha value is -3.34. The summed E-state index contributed by atoms with van der Waals surface area (Å²) in [5.74, 6) is 0.393. The lowest BCUT2D eigenvalue weighted by atomic mass is 10.0. The van der Waals surface area contributed by atoms with E-state index in [9.17, 15) is 17.6 Å². The number of hydrogen-bond acceptors (Lipinski definition) is 7. The van der Waals surface area contributed by atoms with E-state index in [0.717, 1.165) is 6.42 Å². The van der Waals surface area contributed by atoms with E-state index in [0.29, 0.717) is 58.3 Å². The number of anilines is 2. The van der Waals surface area contributed by atoms with Crippen molar-refractivity contribution < 1.29 is 27.0 Å².